The van der Waals surface area contributed by atoms with E-state index < -0.39 is 0 Å². The zero-order valence-electron chi connectivity index (χ0n) is 12.4. The summed E-state index contributed by atoms with van der Waals surface area (Å²) in [6.45, 7) is 5.94. The van der Waals surface area contributed by atoms with Crippen LogP contribution in [0.25, 0.3) is 0 Å². The highest BCUT2D eigenvalue weighted by Gasteiger charge is 2.30. The fraction of sp³-hybridized carbons (Fsp3) is 0.786. The Labute approximate surface area is 136 Å². The van der Waals surface area contributed by atoms with Crippen LogP contribution in [0, 0.1) is 18.8 Å². The predicted molar refractivity (Wildman–Crippen MR) is 86.1 cm³/mol. The van der Waals surface area contributed by atoms with Crippen LogP contribution in [0.2, 0.25) is 0 Å². The first kappa shape index (κ1) is 16.6. The van der Waals surface area contributed by atoms with Gasteiger partial charge in [0.2, 0.25) is 0 Å². The van der Waals surface area contributed by atoms with Crippen LogP contribution in [0.4, 0.5) is 0 Å². The van der Waals surface area contributed by atoms with E-state index in [9.17, 15) is 4.79 Å². The van der Waals surface area contributed by atoms with Crippen molar-refractivity contribution in [2.24, 2.45) is 11.8 Å². The van der Waals surface area contributed by atoms with Crippen LogP contribution in [0.5, 0.6) is 0 Å². The molecule has 118 valence electrons. The van der Waals surface area contributed by atoms with Gasteiger partial charge in [-0.05, 0) is 57.5 Å². The van der Waals surface area contributed by atoms with Crippen molar-refractivity contribution in [2.75, 3.05) is 26.2 Å². The highest BCUT2D eigenvalue weighted by atomic mass is 35.5. The Morgan fingerprint density at radius 3 is 2.33 bits per heavy atom. The van der Waals surface area contributed by atoms with E-state index in [4.69, 9.17) is 0 Å². The third-order valence-corrected chi connectivity index (χ3v) is 5.35. The number of nitrogens with zero attached hydrogens (tertiary/aromatic N) is 3. The van der Waals surface area contributed by atoms with E-state index >= 15 is 0 Å². The number of nitrogens with one attached hydrogen (secondary N) is 1. The molecule has 5 nitrogen and oxygen atoms in total. The molecule has 0 bridgehead atoms. The van der Waals surface area contributed by atoms with Crippen molar-refractivity contribution in [3.05, 3.63) is 11.4 Å². The number of hydrogen-bond acceptors (Lipinski definition) is 5. The van der Waals surface area contributed by atoms with Crippen LogP contribution in [0.15, 0.2) is 0 Å². The number of hydrogen-bond donors (Lipinski definition) is 1. The normalized spacial score (nSPS) is 21.1. The molecule has 2 saturated heterocycles. The smallest absolute Gasteiger partial charge is 0.275 e. The predicted octanol–water partition coefficient (Wildman–Crippen LogP) is 2.12. The molecule has 1 N–H and O–H groups in total. The molecule has 21 heavy (non-hydrogen) atoms. The summed E-state index contributed by atoms with van der Waals surface area (Å²) in [5.74, 6) is 1.73. The molecule has 0 aromatic carbocycles. The molecule has 0 aliphatic carbocycles. The lowest BCUT2D eigenvalue weighted by Crippen LogP contribution is -2.42. The van der Waals surface area contributed by atoms with Crippen molar-refractivity contribution in [3.8, 4) is 0 Å². The minimum absolute atomic E-state index is 0. The molecule has 0 radical (unpaired) electrons. The average Bonchev–Trinajstić information content (AvgIpc) is 2.94. The maximum absolute atomic E-state index is 12.4. The second kappa shape index (κ2) is 7.51. The van der Waals surface area contributed by atoms with Gasteiger partial charge in [-0.2, -0.15) is 8.75 Å². The lowest BCUT2D eigenvalue weighted by atomic mass is 9.79. The molecule has 1 aromatic heterocycles. The van der Waals surface area contributed by atoms with Crippen molar-refractivity contribution in [2.45, 2.75) is 32.6 Å². The summed E-state index contributed by atoms with van der Waals surface area (Å²) < 4.78 is 8.23. The quantitative estimate of drug-likeness (QED) is 0.902. The molecule has 1 amide bonds. The molecule has 0 unspecified atom stereocenters. The van der Waals surface area contributed by atoms with Crippen molar-refractivity contribution in [1.82, 2.24) is 19.0 Å². The molecule has 0 spiro atoms. The van der Waals surface area contributed by atoms with Gasteiger partial charge in [0.25, 0.3) is 5.91 Å². The highest BCUT2D eigenvalue weighted by Crippen LogP contribution is 2.31. The molecule has 2 aliphatic heterocycles. The molecule has 3 heterocycles. The van der Waals surface area contributed by atoms with Crippen LogP contribution in [0.3, 0.4) is 0 Å². The summed E-state index contributed by atoms with van der Waals surface area (Å²) in [5.41, 5.74) is 1.32. The number of aromatic nitrogens is 2. The van der Waals surface area contributed by atoms with E-state index in [1.54, 1.807) is 0 Å². The fourth-order valence-corrected chi connectivity index (χ4v) is 4.01. The Morgan fingerprint density at radius 2 is 1.76 bits per heavy atom. The fourth-order valence-electron chi connectivity index (χ4n) is 3.46. The lowest BCUT2D eigenvalue weighted by molar-refractivity contribution is 0.0636. The van der Waals surface area contributed by atoms with E-state index in [1.165, 1.54) is 12.8 Å². The van der Waals surface area contributed by atoms with Crippen molar-refractivity contribution in [3.63, 3.8) is 0 Å². The van der Waals surface area contributed by atoms with Crippen LogP contribution in [0.1, 0.15) is 41.9 Å². The Hall–Kier alpha value is -0.720. The van der Waals surface area contributed by atoms with Crippen molar-refractivity contribution in [1.29, 1.82) is 0 Å². The molecule has 0 saturated carbocycles. The van der Waals surface area contributed by atoms with Crippen molar-refractivity contribution >= 4 is 30.0 Å². The van der Waals surface area contributed by atoms with E-state index in [0.717, 1.165) is 68.3 Å². The first-order valence-electron chi connectivity index (χ1n) is 7.55. The van der Waals surface area contributed by atoms with Crippen LogP contribution < -0.4 is 5.32 Å². The number of likely N-dealkylation sites (tertiary alicyclic amines) is 1. The molecule has 2 fully saturated rings. The van der Waals surface area contributed by atoms with Gasteiger partial charge in [-0.15, -0.1) is 12.4 Å². The highest BCUT2D eigenvalue weighted by molar-refractivity contribution is 6.99. The molecule has 7 heteroatoms. The molecule has 3 rings (SSSR count). The molecule has 0 atom stereocenters. The van der Waals surface area contributed by atoms with Gasteiger partial charge < -0.3 is 10.2 Å². The Balaban J connectivity index is 0.00000161. The second-order valence-electron chi connectivity index (χ2n) is 5.92. The van der Waals surface area contributed by atoms with Gasteiger partial charge in [0.05, 0.1) is 17.4 Å². The van der Waals surface area contributed by atoms with Gasteiger partial charge in [0, 0.05) is 13.1 Å². The van der Waals surface area contributed by atoms with Crippen LogP contribution >= 0.6 is 24.1 Å². The van der Waals surface area contributed by atoms with Gasteiger partial charge in [-0.25, -0.2) is 0 Å². The first-order chi connectivity index (χ1) is 9.75. The van der Waals surface area contributed by atoms with Crippen molar-refractivity contribution < 1.29 is 4.79 Å². The standard InChI is InChI=1S/C14H22N4OS.ClH/c1-10-13(17-20-16-10)14(19)18-8-4-12(5-9-18)11-2-6-15-7-3-11;/h11-12,15H,2-9H2,1H3;1H. The molecule has 1 aromatic rings. The molecule has 2 aliphatic rings. The van der Waals surface area contributed by atoms with Crippen LogP contribution in [-0.4, -0.2) is 45.7 Å². The SMILES string of the molecule is Cc1nsnc1C(=O)N1CCC(C2CCNCC2)CC1.Cl. The van der Waals surface area contributed by atoms with Gasteiger partial charge in [-0.1, -0.05) is 0 Å². The maximum atomic E-state index is 12.4. The van der Waals surface area contributed by atoms with Crippen LogP contribution in [-0.2, 0) is 0 Å². The Kier molecular flexibility index (Phi) is 5.96. The Bertz CT molecular complexity index is 467. The number of halogens is 1. The van der Waals surface area contributed by atoms with E-state index in [2.05, 4.69) is 14.1 Å². The maximum Gasteiger partial charge on any atom is 0.275 e. The summed E-state index contributed by atoms with van der Waals surface area (Å²) in [6.07, 6.45) is 4.89. The van der Waals surface area contributed by atoms with Gasteiger partial charge in [0.1, 0.15) is 0 Å². The lowest BCUT2D eigenvalue weighted by Gasteiger charge is -2.37. The average molecular weight is 331 g/mol. The largest absolute Gasteiger partial charge is 0.337 e. The summed E-state index contributed by atoms with van der Waals surface area (Å²) >= 11 is 1.13. The first-order valence-corrected chi connectivity index (χ1v) is 8.28. The monoisotopic (exact) mass is 330 g/mol. The number of carbonyl (C=O) groups excluding carboxylic acids is 1. The second-order valence-corrected chi connectivity index (χ2v) is 6.44. The Morgan fingerprint density at radius 1 is 1.14 bits per heavy atom. The topological polar surface area (TPSA) is 58.1 Å². The third kappa shape index (κ3) is 3.73. The minimum atomic E-state index is 0. The summed E-state index contributed by atoms with van der Waals surface area (Å²) in [6, 6.07) is 0. The minimum Gasteiger partial charge on any atom is -0.337 e. The van der Waals surface area contributed by atoms with Gasteiger partial charge >= 0.3 is 0 Å². The summed E-state index contributed by atoms with van der Waals surface area (Å²) in [5, 5.41) is 3.43. The number of carbonyl (C=O) groups is 1. The number of aryl methyl sites for hydroxylation is 1. The number of amides is 1. The summed E-state index contributed by atoms with van der Waals surface area (Å²) in [7, 11) is 0. The zero-order chi connectivity index (χ0) is 13.9. The van der Waals surface area contributed by atoms with Gasteiger partial charge in [-0.3, -0.25) is 4.79 Å². The number of piperidine rings is 2. The molecular weight excluding hydrogens is 308 g/mol. The van der Waals surface area contributed by atoms with E-state index in [-0.39, 0.29) is 18.3 Å². The zero-order valence-corrected chi connectivity index (χ0v) is 14.0. The third-order valence-electron chi connectivity index (χ3n) is 4.73. The van der Waals surface area contributed by atoms with E-state index in [0.29, 0.717) is 5.69 Å². The summed E-state index contributed by atoms with van der Waals surface area (Å²) in [4.78, 5) is 14.3. The number of rotatable bonds is 2. The molecular formula is C14H23ClN4OS. The van der Waals surface area contributed by atoms with E-state index in [1.807, 2.05) is 11.8 Å². The van der Waals surface area contributed by atoms with Gasteiger partial charge in [0.15, 0.2) is 5.69 Å².